The third-order valence-corrected chi connectivity index (χ3v) is 4.10. The highest BCUT2D eigenvalue weighted by Gasteiger charge is 2.18. The van der Waals surface area contributed by atoms with Crippen LogP contribution in [0.4, 0.5) is 0 Å². The van der Waals surface area contributed by atoms with Crippen LogP contribution in [0, 0.1) is 9.49 Å². The van der Waals surface area contributed by atoms with Crippen molar-refractivity contribution in [2.75, 3.05) is 6.61 Å². The van der Waals surface area contributed by atoms with Crippen molar-refractivity contribution in [2.45, 2.75) is 26.3 Å². The molecule has 0 aromatic heterocycles. The highest BCUT2D eigenvalue weighted by atomic mass is 127. The molecule has 5 heteroatoms. The van der Waals surface area contributed by atoms with E-state index in [0.29, 0.717) is 17.9 Å². The molecule has 2 N–H and O–H groups in total. The Bertz CT molecular complexity index is 423. The van der Waals surface area contributed by atoms with E-state index in [9.17, 15) is 4.79 Å². The van der Waals surface area contributed by atoms with Crippen molar-refractivity contribution in [1.29, 1.82) is 0 Å². The third kappa shape index (κ3) is 4.51. The summed E-state index contributed by atoms with van der Waals surface area (Å²) >= 11 is 5.56. The van der Waals surface area contributed by atoms with Crippen LogP contribution in [0.2, 0.25) is 0 Å². The number of rotatable bonds is 5. The van der Waals surface area contributed by atoms with Gasteiger partial charge in [0.15, 0.2) is 0 Å². The summed E-state index contributed by atoms with van der Waals surface area (Å²) in [6.07, 6.45) is 0.574. The Morgan fingerprint density at radius 3 is 2.72 bits per heavy atom. The Balaban J connectivity index is 2.83. The fraction of sp³-hybridized carbons (Fsp3) is 0.462. The molecular weight excluding hydrogens is 409 g/mol. The number of hydrogen-bond acceptors (Lipinski definition) is 2. The van der Waals surface area contributed by atoms with Gasteiger partial charge in [-0.1, -0.05) is 13.8 Å². The molecule has 0 spiro atoms. The van der Waals surface area contributed by atoms with Gasteiger partial charge >= 0.3 is 0 Å². The summed E-state index contributed by atoms with van der Waals surface area (Å²) in [5, 5.41) is 12.0. The second-order valence-corrected chi connectivity index (χ2v) is 6.56. The van der Waals surface area contributed by atoms with Gasteiger partial charge in [-0.25, -0.2) is 0 Å². The summed E-state index contributed by atoms with van der Waals surface area (Å²) in [6.45, 7) is 4.14. The molecule has 0 saturated heterocycles. The molecule has 1 rings (SSSR count). The molecule has 0 aliphatic heterocycles. The first-order chi connectivity index (χ1) is 8.45. The lowest BCUT2D eigenvalue weighted by Crippen LogP contribution is -2.39. The highest BCUT2D eigenvalue weighted by Crippen LogP contribution is 2.20. The van der Waals surface area contributed by atoms with Crippen molar-refractivity contribution in [2.24, 2.45) is 5.92 Å². The van der Waals surface area contributed by atoms with E-state index in [2.05, 4.69) is 43.8 Å². The highest BCUT2D eigenvalue weighted by molar-refractivity contribution is 14.1. The van der Waals surface area contributed by atoms with Crippen LogP contribution in [0.1, 0.15) is 30.6 Å². The van der Waals surface area contributed by atoms with Crippen LogP contribution in [-0.2, 0) is 0 Å². The van der Waals surface area contributed by atoms with Crippen molar-refractivity contribution in [3.63, 3.8) is 0 Å². The molecular formula is C13H17BrINO2. The molecule has 1 unspecified atom stereocenters. The summed E-state index contributed by atoms with van der Waals surface area (Å²) in [5.74, 6) is 0.190. The smallest absolute Gasteiger partial charge is 0.252 e. The lowest BCUT2D eigenvalue weighted by Gasteiger charge is -2.21. The standard InChI is InChI=1S/C13H17BrINO2/c1-8(2)12(5-6-17)16-13(18)10-7-9(15)3-4-11(10)14/h3-4,7-8,12,17H,5-6H2,1-2H3,(H,16,18). The number of nitrogens with one attached hydrogen (secondary N) is 1. The van der Waals surface area contributed by atoms with Crippen molar-refractivity contribution in [1.82, 2.24) is 5.32 Å². The van der Waals surface area contributed by atoms with Gasteiger partial charge in [0.25, 0.3) is 5.91 Å². The van der Waals surface area contributed by atoms with Gasteiger partial charge in [-0.3, -0.25) is 4.79 Å². The fourth-order valence-corrected chi connectivity index (χ4v) is 2.55. The topological polar surface area (TPSA) is 49.3 Å². The van der Waals surface area contributed by atoms with Crippen LogP contribution in [0.5, 0.6) is 0 Å². The van der Waals surface area contributed by atoms with E-state index in [1.165, 1.54) is 0 Å². The summed E-state index contributed by atoms with van der Waals surface area (Å²) < 4.78 is 1.80. The Morgan fingerprint density at radius 2 is 2.17 bits per heavy atom. The predicted molar refractivity (Wildman–Crippen MR) is 84.7 cm³/mol. The number of carbonyl (C=O) groups excluding carboxylic acids is 1. The SMILES string of the molecule is CC(C)C(CCO)NC(=O)c1cc(I)ccc1Br. The van der Waals surface area contributed by atoms with Crippen LogP contribution >= 0.6 is 38.5 Å². The number of aliphatic hydroxyl groups excluding tert-OH is 1. The van der Waals surface area contributed by atoms with Crippen LogP contribution in [0.15, 0.2) is 22.7 Å². The first-order valence-corrected chi connectivity index (χ1v) is 7.69. The zero-order valence-electron chi connectivity index (χ0n) is 10.4. The second kappa shape index (κ2) is 7.45. The third-order valence-electron chi connectivity index (χ3n) is 2.73. The van der Waals surface area contributed by atoms with Crippen molar-refractivity contribution in [3.8, 4) is 0 Å². The first kappa shape index (κ1) is 15.9. The van der Waals surface area contributed by atoms with E-state index in [0.717, 1.165) is 8.04 Å². The molecule has 0 bridgehead atoms. The lowest BCUT2D eigenvalue weighted by atomic mass is 10.0. The number of amides is 1. The maximum absolute atomic E-state index is 12.2. The Morgan fingerprint density at radius 1 is 1.50 bits per heavy atom. The quantitative estimate of drug-likeness (QED) is 0.711. The zero-order chi connectivity index (χ0) is 13.7. The van der Waals surface area contributed by atoms with Gasteiger partial charge in [-0.2, -0.15) is 0 Å². The molecule has 1 aromatic rings. The van der Waals surface area contributed by atoms with Gasteiger partial charge in [0.05, 0.1) is 5.56 Å². The maximum Gasteiger partial charge on any atom is 0.252 e. The van der Waals surface area contributed by atoms with Crippen LogP contribution in [0.25, 0.3) is 0 Å². The lowest BCUT2D eigenvalue weighted by molar-refractivity contribution is 0.0916. The van der Waals surface area contributed by atoms with Crippen molar-refractivity contribution < 1.29 is 9.90 Å². The van der Waals surface area contributed by atoms with Crippen LogP contribution in [0.3, 0.4) is 0 Å². The molecule has 0 fully saturated rings. The van der Waals surface area contributed by atoms with E-state index in [1.807, 2.05) is 32.0 Å². The average Bonchev–Trinajstić information content (AvgIpc) is 2.31. The van der Waals surface area contributed by atoms with Gasteiger partial charge < -0.3 is 10.4 Å². The molecule has 0 saturated carbocycles. The summed E-state index contributed by atoms with van der Waals surface area (Å²) in [7, 11) is 0. The maximum atomic E-state index is 12.2. The number of carbonyl (C=O) groups is 1. The summed E-state index contributed by atoms with van der Waals surface area (Å²) in [4.78, 5) is 12.2. The molecule has 18 heavy (non-hydrogen) atoms. The van der Waals surface area contributed by atoms with E-state index in [-0.39, 0.29) is 18.6 Å². The van der Waals surface area contributed by atoms with E-state index in [1.54, 1.807) is 0 Å². The molecule has 0 aliphatic rings. The number of aliphatic hydroxyl groups is 1. The largest absolute Gasteiger partial charge is 0.396 e. The Hall–Kier alpha value is -0.140. The predicted octanol–water partition coefficient (Wildman–Crippen LogP) is 3.19. The normalized spacial score (nSPS) is 12.6. The molecule has 1 amide bonds. The minimum absolute atomic E-state index is 0.00716. The van der Waals surface area contributed by atoms with Gasteiger partial charge in [-0.05, 0) is 69.1 Å². The minimum atomic E-state index is -0.104. The average molecular weight is 426 g/mol. The number of benzene rings is 1. The van der Waals surface area contributed by atoms with Crippen LogP contribution < -0.4 is 5.32 Å². The van der Waals surface area contributed by atoms with Crippen molar-refractivity contribution in [3.05, 3.63) is 31.8 Å². The van der Waals surface area contributed by atoms with Gasteiger partial charge in [0, 0.05) is 20.7 Å². The second-order valence-electron chi connectivity index (χ2n) is 4.46. The molecule has 0 aliphatic carbocycles. The zero-order valence-corrected chi connectivity index (χ0v) is 14.2. The molecule has 1 aromatic carbocycles. The summed E-state index contributed by atoms with van der Waals surface area (Å²) in [6, 6.07) is 5.64. The number of hydrogen-bond donors (Lipinski definition) is 2. The molecule has 0 heterocycles. The van der Waals surface area contributed by atoms with E-state index < -0.39 is 0 Å². The number of halogens is 2. The molecule has 100 valence electrons. The fourth-order valence-electron chi connectivity index (χ4n) is 1.63. The van der Waals surface area contributed by atoms with Gasteiger partial charge in [-0.15, -0.1) is 0 Å². The molecule has 1 atom stereocenters. The Labute approximate surface area is 130 Å². The van der Waals surface area contributed by atoms with E-state index in [4.69, 9.17) is 5.11 Å². The van der Waals surface area contributed by atoms with Gasteiger partial charge in [0.1, 0.15) is 0 Å². The molecule has 0 radical (unpaired) electrons. The first-order valence-electron chi connectivity index (χ1n) is 5.82. The minimum Gasteiger partial charge on any atom is -0.396 e. The van der Waals surface area contributed by atoms with Crippen molar-refractivity contribution >= 4 is 44.4 Å². The Kier molecular flexibility index (Phi) is 6.59. The monoisotopic (exact) mass is 425 g/mol. The summed E-state index contributed by atoms with van der Waals surface area (Å²) in [5.41, 5.74) is 0.630. The van der Waals surface area contributed by atoms with E-state index >= 15 is 0 Å². The molecule has 3 nitrogen and oxygen atoms in total. The van der Waals surface area contributed by atoms with Crippen LogP contribution in [-0.4, -0.2) is 23.7 Å². The van der Waals surface area contributed by atoms with Gasteiger partial charge in [0.2, 0.25) is 0 Å².